The molecule has 0 bridgehead atoms. The van der Waals surface area contributed by atoms with Crippen LogP contribution < -0.4 is 4.31 Å². The molecule has 2 aromatic carbocycles. The fraction of sp³-hybridized carbons (Fsp3) is 0.0625. The Balaban J connectivity index is 2.58. The molecule has 0 aromatic heterocycles. The second-order valence-corrected chi connectivity index (χ2v) is 6.33. The number of benzene rings is 2. The van der Waals surface area contributed by atoms with Crippen molar-refractivity contribution >= 4 is 15.7 Å². The van der Waals surface area contributed by atoms with Crippen LogP contribution in [0.2, 0.25) is 0 Å². The van der Waals surface area contributed by atoms with Gasteiger partial charge < -0.3 is 0 Å². The molecule has 110 valence electrons. The third-order valence-electron chi connectivity index (χ3n) is 3.10. The third kappa shape index (κ3) is 2.65. The highest BCUT2D eigenvalue weighted by Gasteiger charge is 2.26. The standard InChI is InChI=1S/C16H11FN2O2S/c1-3-12-6-4-7-13(10-12)19(2)22(20,21)16-9-5-8-15(17)14(16)11-18/h1,4-10H,2H3. The quantitative estimate of drug-likeness (QED) is 0.818. The molecule has 0 aliphatic rings. The predicted molar refractivity (Wildman–Crippen MR) is 81.1 cm³/mol. The van der Waals surface area contributed by atoms with Gasteiger partial charge in [0.1, 0.15) is 22.3 Å². The van der Waals surface area contributed by atoms with Crippen molar-refractivity contribution in [3.05, 3.63) is 59.4 Å². The van der Waals surface area contributed by atoms with Gasteiger partial charge in [-0.25, -0.2) is 12.8 Å². The van der Waals surface area contributed by atoms with Crippen LogP contribution in [0.3, 0.4) is 0 Å². The molecule has 0 spiro atoms. The molecule has 0 saturated heterocycles. The number of terminal acetylenes is 1. The summed E-state index contributed by atoms with van der Waals surface area (Å²) in [6, 6.07) is 11.4. The Bertz CT molecular complexity index is 908. The summed E-state index contributed by atoms with van der Waals surface area (Å²) in [4.78, 5) is -0.386. The number of sulfonamides is 1. The molecule has 0 N–H and O–H groups in total. The largest absolute Gasteiger partial charge is 0.269 e. The van der Waals surface area contributed by atoms with Crippen LogP contribution in [0.15, 0.2) is 47.4 Å². The second-order valence-electron chi connectivity index (χ2n) is 4.39. The van der Waals surface area contributed by atoms with Crippen molar-refractivity contribution in [2.24, 2.45) is 0 Å². The Labute approximate surface area is 128 Å². The summed E-state index contributed by atoms with van der Waals surface area (Å²) in [5.74, 6) is 1.53. The zero-order valence-corrected chi connectivity index (χ0v) is 12.4. The summed E-state index contributed by atoms with van der Waals surface area (Å²) in [6.45, 7) is 0. The van der Waals surface area contributed by atoms with Crippen LogP contribution in [0.5, 0.6) is 0 Å². The number of halogens is 1. The minimum Gasteiger partial charge on any atom is -0.269 e. The number of rotatable bonds is 3. The van der Waals surface area contributed by atoms with Crippen molar-refractivity contribution in [1.82, 2.24) is 0 Å². The van der Waals surface area contributed by atoms with E-state index in [1.807, 2.05) is 0 Å². The molecule has 0 unspecified atom stereocenters. The second kappa shape index (κ2) is 5.88. The summed E-state index contributed by atoms with van der Waals surface area (Å²) < 4.78 is 39.8. The molecule has 0 aliphatic carbocycles. The molecule has 0 heterocycles. The van der Waals surface area contributed by atoms with Crippen LogP contribution in [0.4, 0.5) is 10.1 Å². The van der Waals surface area contributed by atoms with Gasteiger partial charge in [-0.1, -0.05) is 18.1 Å². The van der Waals surface area contributed by atoms with E-state index < -0.39 is 21.4 Å². The Morgan fingerprint density at radius 2 is 1.91 bits per heavy atom. The van der Waals surface area contributed by atoms with Crippen LogP contribution in [0.1, 0.15) is 11.1 Å². The minimum atomic E-state index is -4.08. The smallest absolute Gasteiger partial charge is 0.265 e. The summed E-state index contributed by atoms with van der Waals surface area (Å²) in [6.07, 6.45) is 5.29. The molecular weight excluding hydrogens is 303 g/mol. The van der Waals surface area contributed by atoms with Crippen LogP contribution in [0, 0.1) is 29.5 Å². The molecule has 0 aliphatic heterocycles. The molecule has 0 saturated carbocycles. The lowest BCUT2D eigenvalue weighted by molar-refractivity contribution is 0.588. The van der Waals surface area contributed by atoms with Gasteiger partial charge in [0.15, 0.2) is 0 Å². The van der Waals surface area contributed by atoms with E-state index in [2.05, 4.69) is 5.92 Å². The highest BCUT2D eigenvalue weighted by Crippen LogP contribution is 2.26. The van der Waals surface area contributed by atoms with E-state index in [1.165, 1.54) is 25.2 Å². The average molecular weight is 314 g/mol. The fourth-order valence-electron chi connectivity index (χ4n) is 1.91. The van der Waals surface area contributed by atoms with Gasteiger partial charge in [-0.15, -0.1) is 6.42 Å². The number of nitriles is 1. The zero-order valence-electron chi connectivity index (χ0n) is 11.6. The van der Waals surface area contributed by atoms with Crippen LogP contribution in [-0.2, 0) is 10.0 Å². The van der Waals surface area contributed by atoms with Gasteiger partial charge in [0, 0.05) is 12.6 Å². The third-order valence-corrected chi connectivity index (χ3v) is 4.93. The topological polar surface area (TPSA) is 61.2 Å². The Kier molecular flexibility index (Phi) is 4.16. The first-order chi connectivity index (χ1) is 10.4. The minimum absolute atomic E-state index is 0.323. The van der Waals surface area contributed by atoms with Gasteiger partial charge in [-0.3, -0.25) is 4.31 Å². The summed E-state index contributed by atoms with van der Waals surface area (Å²) in [7, 11) is -2.76. The van der Waals surface area contributed by atoms with Crippen LogP contribution >= 0.6 is 0 Å². The lowest BCUT2D eigenvalue weighted by atomic mass is 10.2. The van der Waals surface area contributed by atoms with Crippen LogP contribution in [0.25, 0.3) is 0 Å². The van der Waals surface area contributed by atoms with Gasteiger partial charge >= 0.3 is 0 Å². The van der Waals surface area contributed by atoms with E-state index >= 15 is 0 Å². The van der Waals surface area contributed by atoms with Gasteiger partial charge in [-0.2, -0.15) is 5.26 Å². The van der Waals surface area contributed by atoms with Crippen molar-refractivity contribution in [3.63, 3.8) is 0 Å². The molecule has 0 amide bonds. The number of hydrogen-bond donors (Lipinski definition) is 0. The van der Waals surface area contributed by atoms with E-state index in [-0.39, 0.29) is 4.90 Å². The van der Waals surface area contributed by atoms with Gasteiger partial charge in [0.05, 0.1) is 5.69 Å². The van der Waals surface area contributed by atoms with Crippen LogP contribution in [-0.4, -0.2) is 15.5 Å². The lowest BCUT2D eigenvalue weighted by Crippen LogP contribution is -2.27. The SMILES string of the molecule is C#Cc1cccc(N(C)S(=O)(=O)c2cccc(F)c2C#N)c1. The number of anilines is 1. The zero-order chi connectivity index (χ0) is 16.3. The first kappa shape index (κ1) is 15.6. The summed E-state index contributed by atoms with van der Waals surface area (Å²) >= 11 is 0. The molecule has 0 fully saturated rings. The maximum atomic E-state index is 13.6. The van der Waals surface area contributed by atoms with Crippen molar-refractivity contribution in [3.8, 4) is 18.4 Å². The van der Waals surface area contributed by atoms with Crippen molar-refractivity contribution in [2.45, 2.75) is 4.90 Å². The first-order valence-corrected chi connectivity index (χ1v) is 7.60. The van der Waals surface area contributed by atoms with Gasteiger partial charge in [0.2, 0.25) is 0 Å². The Morgan fingerprint density at radius 3 is 2.55 bits per heavy atom. The molecule has 22 heavy (non-hydrogen) atoms. The van der Waals surface area contributed by atoms with E-state index in [0.29, 0.717) is 11.3 Å². The highest BCUT2D eigenvalue weighted by atomic mass is 32.2. The maximum Gasteiger partial charge on any atom is 0.265 e. The lowest BCUT2D eigenvalue weighted by Gasteiger charge is -2.20. The normalized spacial score (nSPS) is 10.5. The van der Waals surface area contributed by atoms with E-state index in [9.17, 15) is 12.8 Å². The molecular formula is C16H11FN2O2S. The Morgan fingerprint density at radius 1 is 1.23 bits per heavy atom. The average Bonchev–Trinajstić information content (AvgIpc) is 2.53. The molecule has 0 radical (unpaired) electrons. The van der Waals surface area contributed by atoms with E-state index in [1.54, 1.807) is 24.3 Å². The monoisotopic (exact) mass is 314 g/mol. The van der Waals surface area contributed by atoms with Crippen molar-refractivity contribution < 1.29 is 12.8 Å². The first-order valence-electron chi connectivity index (χ1n) is 6.16. The number of hydrogen-bond acceptors (Lipinski definition) is 3. The summed E-state index contributed by atoms with van der Waals surface area (Å²) in [5.41, 5.74) is 0.324. The maximum absolute atomic E-state index is 13.6. The Hall–Kier alpha value is -2.83. The predicted octanol–water partition coefficient (Wildman–Crippen LogP) is 2.50. The van der Waals surface area contributed by atoms with Gasteiger partial charge in [0.25, 0.3) is 10.0 Å². The molecule has 6 heteroatoms. The molecule has 2 rings (SSSR count). The molecule has 4 nitrogen and oxygen atoms in total. The molecule has 0 atom stereocenters. The van der Waals surface area contributed by atoms with Crippen molar-refractivity contribution in [1.29, 1.82) is 5.26 Å². The fourth-order valence-corrected chi connectivity index (χ4v) is 3.24. The highest BCUT2D eigenvalue weighted by molar-refractivity contribution is 7.92. The number of nitrogens with zero attached hydrogens (tertiary/aromatic N) is 2. The van der Waals surface area contributed by atoms with E-state index in [0.717, 1.165) is 10.4 Å². The van der Waals surface area contributed by atoms with Crippen molar-refractivity contribution in [2.75, 3.05) is 11.4 Å². The summed E-state index contributed by atoms with van der Waals surface area (Å²) in [5, 5.41) is 9.00. The van der Waals surface area contributed by atoms with Gasteiger partial charge in [-0.05, 0) is 30.3 Å². The molecule has 2 aromatic rings. The van der Waals surface area contributed by atoms with E-state index in [4.69, 9.17) is 11.7 Å².